The van der Waals surface area contributed by atoms with Crippen LogP contribution in [0.15, 0.2) is 30.3 Å². The van der Waals surface area contributed by atoms with Gasteiger partial charge in [0.05, 0.1) is 17.4 Å². The highest BCUT2D eigenvalue weighted by Gasteiger charge is 2.27. The summed E-state index contributed by atoms with van der Waals surface area (Å²) in [5.74, 6) is -0.0848. The van der Waals surface area contributed by atoms with E-state index in [2.05, 4.69) is 20.2 Å². The van der Waals surface area contributed by atoms with Gasteiger partial charge in [0.1, 0.15) is 5.82 Å². The molecule has 0 spiro atoms. The van der Waals surface area contributed by atoms with Crippen LogP contribution >= 0.6 is 0 Å². The van der Waals surface area contributed by atoms with Crippen LogP contribution in [0.1, 0.15) is 38.3 Å². The maximum atomic E-state index is 14.1. The zero-order valence-corrected chi connectivity index (χ0v) is 18.0. The Morgan fingerprint density at radius 1 is 1.20 bits per heavy atom. The molecule has 2 aromatic rings. The highest BCUT2D eigenvalue weighted by molar-refractivity contribution is 5.81. The van der Waals surface area contributed by atoms with E-state index in [1.54, 1.807) is 12.1 Å². The lowest BCUT2D eigenvalue weighted by atomic mass is 10.0. The van der Waals surface area contributed by atoms with E-state index in [9.17, 15) is 9.18 Å². The second kappa shape index (κ2) is 9.27. The molecule has 2 saturated heterocycles. The molecule has 6 nitrogen and oxygen atoms in total. The fraction of sp³-hybridized carbons (Fsp3) is 0.565. The topological polar surface area (TPSA) is 53.4 Å². The molecule has 0 saturated carbocycles. The summed E-state index contributed by atoms with van der Waals surface area (Å²) >= 11 is 0. The van der Waals surface area contributed by atoms with Crippen LogP contribution in [0, 0.1) is 5.82 Å². The van der Waals surface area contributed by atoms with E-state index in [0.717, 1.165) is 51.3 Å². The molecule has 2 aliphatic heterocycles. The van der Waals surface area contributed by atoms with E-state index in [0.29, 0.717) is 11.3 Å². The Bertz CT molecular complexity index is 868. The monoisotopic (exact) mass is 413 g/mol. The van der Waals surface area contributed by atoms with Gasteiger partial charge in [-0.1, -0.05) is 12.1 Å². The Morgan fingerprint density at radius 2 is 1.90 bits per heavy atom. The van der Waals surface area contributed by atoms with Crippen LogP contribution in [0.25, 0.3) is 11.3 Å². The number of hydrogen-bond acceptors (Lipinski definition) is 4. The molecule has 30 heavy (non-hydrogen) atoms. The first kappa shape index (κ1) is 21.0. The van der Waals surface area contributed by atoms with E-state index in [1.807, 2.05) is 30.8 Å². The van der Waals surface area contributed by atoms with Gasteiger partial charge in [-0.25, -0.2) is 4.39 Å². The molecule has 1 aromatic carbocycles. The summed E-state index contributed by atoms with van der Waals surface area (Å²) in [5, 5.41) is 7.76. The average molecular weight is 414 g/mol. The molecule has 162 valence electrons. The largest absolute Gasteiger partial charge is 0.352 e. The summed E-state index contributed by atoms with van der Waals surface area (Å²) in [4.78, 5) is 17.2. The summed E-state index contributed by atoms with van der Waals surface area (Å²) in [7, 11) is 1.91. The van der Waals surface area contributed by atoms with Crippen molar-refractivity contribution in [3.8, 4) is 11.3 Å². The second-order valence-corrected chi connectivity index (χ2v) is 8.60. The summed E-state index contributed by atoms with van der Waals surface area (Å²) < 4.78 is 15.9. The zero-order valence-electron chi connectivity index (χ0n) is 18.0. The van der Waals surface area contributed by atoms with Crippen LogP contribution in [0.4, 0.5) is 4.39 Å². The Kier molecular flexibility index (Phi) is 6.49. The van der Waals surface area contributed by atoms with Gasteiger partial charge < -0.3 is 5.32 Å². The molecule has 2 aliphatic rings. The number of benzene rings is 1. The second-order valence-electron chi connectivity index (χ2n) is 8.60. The van der Waals surface area contributed by atoms with Gasteiger partial charge in [0.25, 0.3) is 0 Å². The van der Waals surface area contributed by atoms with Crippen molar-refractivity contribution in [1.82, 2.24) is 24.9 Å². The van der Waals surface area contributed by atoms with Crippen LogP contribution in [-0.4, -0.2) is 63.8 Å². The van der Waals surface area contributed by atoms with E-state index in [1.165, 1.54) is 18.9 Å². The Labute approximate surface area is 178 Å². The molecular weight excluding hydrogens is 381 g/mol. The molecule has 0 bridgehead atoms. The number of aromatic nitrogens is 2. The Balaban J connectivity index is 1.29. The number of piperidine rings is 1. The maximum absolute atomic E-state index is 14.1. The lowest BCUT2D eigenvalue weighted by Gasteiger charge is -2.33. The summed E-state index contributed by atoms with van der Waals surface area (Å²) in [6.07, 6.45) is 4.30. The first-order chi connectivity index (χ1) is 14.5. The smallest absolute Gasteiger partial charge is 0.237 e. The zero-order chi connectivity index (χ0) is 21.1. The first-order valence-corrected chi connectivity index (χ1v) is 11.1. The minimum atomic E-state index is -0.248. The number of carbonyl (C=O) groups excluding carboxylic acids is 1. The molecule has 1 aromatic heterocycles. The van der Waals surface area contributed by atoms with Crippen LogP contribution < -0.4 is 5.32 Å². The third kappa shape index (κ3) is 4.73. The molecular formula is C23H32FN5O. The molecule has 1 amide bonds. The van der Waals surface area contributed by atoms with Gasteiger partial charge in [-0.3, -0.25) is 19.3 Å². The van der Waals surface area contributed by atoms with Crippen molar-refractivity contribution in [2.45, 2.75) is 51.2 Å². The number of halogens is 1. The fourth-order valence-electron chi connectivity index (χ4n) is 4.54. The van der Waals surface area contributed by atoms with Crippen LogP contribution in [0.3, 0.4) is 0 Å². The van der Waals surface area contributed by atoms with Crippen molar-refractivity contribution in [3.05, 3.63) is 41.8 Å². The van der Waals surface area contributed by atoms with E-state index in [4.69, 9.17) is 0 Å². The molecule has 1 atom stereocenters. The van der Waals surface area contributed by atoms with Crippen molar-refractivity contribution in [1.29, 1.82) is 0 Å². The molecule has 1 N–H and O–H groups in total. The minimum Gasteiger partial charge on any atom is -0.352 e. The van der Waals surface area contributed by atoms with Gasteiger partial charge in [0.2, 0.25) is 5.91 Å². The number of nitrogens with zero attached hydrogens (tertiary/aromatic N) is 4. The fourth-order valence-corrected chi connectivity index (χ4v) is 4.54. The standard InChI is InChI=1S/C23H32FN5O/c1-17(29-11-5-6-12-29)23(30)25-18-9-13-28(14-10-18)16-19-15-22(26-27(19)2)20-7-3-4-8-21(20)24/h3-4,7-8,15,17-18H,5-6,9-14,16H2,1-2H3,(H,25,30). The first-order valence-electron chi connectivity index (χ1n) is 11.1. The summed E-state index contributed by atoms with van der Waals surface area (Å²) in [6, 6.07) is 8.94. The van der Waals surface area contributed by atoms with E-state index in [-0.39, 0.29) is 23.8 Å². The number of rotatable bonds is 6. The van der Waals surface area contributed by atoms with Crippen LogP contribution in [-0.2, 0) is 18.4 Å². The van der Waals surface area contributed by atoms with Crippen molar-refractivity contribution in [2.24, 2.45) is 7.05 Å². The third-order valence-electron chi connectivity index (χ3n) is 6.51. The van der Waals surface area contributed by atoms with Crippen molar-refractivity contribution < 1.29 is 9.18 Å². The van der Waals surface area contributed by atoms with E-state index < -0.39 is 0 Å². The lowest BCUT2D eigenvalue weighted by Crippen LogP contribution is -2.50. The molecule has 7 heteroatoms. The van der Waals surface area contributed by atoms with Gasteiger partial charge in [0.15, 0.2) is 0 Å². The van der Waals surface area contributed by atoms with Gasteiger partial charge >= 0.3 is 0 Å². The highest BCUT2D eigenvalue weighted by atomic mass is 19.1. The lowest BCUT2D eigenvalue weighted by molar-refractivity contribution is -0.126. The summed E-state index contributed by atoms with van der Waals surface area (Å²) in [6.45, 7) is 6.74. The molecule has 1 unspecified atom stereocenters. The van der Waals surface area contributed by atoms with Crippen LogP contribution in [0.2, 0.25) is 0 Å². The number of nitrogens with one attached hydrogen (secondary N) is 1. The van der Waals surface area contributed by atoms with Gasteiger partial charge in [-0.2, -0.15) is 5.10 Å². The number of aryl methyl sites for hydroxylation is 1. The maximum Gasteiger partial charge on any atom is 0.237 e. The van der Waals surface area contributed by atoms with Gasteiger partial charge in [0, 0.05) is 38.3 Å². The number of hydrogen-bond donors (Lipinski definition) is 1. The van der Waals surface area contributed by atoms with Crippen molar-refractivity contribution in [3.63, 3.8) is 0 Å². The quantitative estimate of drug-likeness (QED) is 0.791. The van der Waals surface area contributed by atoms with E-state index >= 15 is 0 Å². The number of amides is 1. The average Bonchev–Trinajstić information content (AvgIpc) is 3.40. The summed E-state index contributed by atoms with van der Waals surface area (Å²) in [5.41, 5.74) is 2.27. The third-order valence-corrected chi connectivity index (χ3v) is 6.51. The Hall–Kier alpha value is -2.25. The molecule has 4 rings (SSSR count). The minimum absolute atomic E-state index is 0.0308. The van der Waals surface area contributed by atoms with Gasteiger partial charge in [-0.15, -0.1) is 0 Å². The van der Waals surface area contributed by atoms with Crippen molar-refractivity contribution >= 4 is 5.91 Å². The van der Waals surface area contributed by atoms with Gasteiger partial charge in [-0.05, 0) is 63.9 Å². The molecule has 0 radical (unpaired) electrons. The van der Waals surface area contributed by atoms with Crippen LogP contribution in [0.5, 0.6) is 0 Å². The highest BCUT2D eigenvalue weighted by Crippen LogP contribution is 2.23. The number of carbonyl (C=O) groups is 1. The number of likely N-dealkylation sites (tertiary alicyclic amines) is 2. The molecule has 0 aliphatic carbocycles. The SMILES string of the molecule is CC(C(=O)NC1CCN(Cc2cc(-c3ccccc3F)nn2C)CC1)N1CCCC1. The normalized spacial score (nSPS) is 19.8. The predicted molar refractivity (Wildman–Crippen MR) is 115 cm³/mol. The molecule has 2 fully saturated rings. The molecule has 3 heterocycles. The Morgan fingerprint density at radius 3 is 2.60 bits per heavy atom. The van der Waals surface area contributed by atoms with Crippen molar-refractivity contribution in [2.75, 3.05) is 26.2 Å². The predicted octanol–water partition coefficient (Wildman–Crippen LogP) is 2.79.